The summed E-state index contributed by atoms with van der Waals surface area (Å²) in [5.41, 5.74) is 0.952. The summed E-state index contributed by atoms with van der Waals surface area (Å²) in [4.78, 5) is 14.7. The van der Waals surface area contributed by atoms with Gasteiger partial charge >= 0.3 is 0 Å². The van der Waals surface area contributed by atoms with Crippen LogP contribution in [0, 0.1) is 0 Å². The van der Waals surface area contributed by atoms with Crippen LogP contribution in [0.1, 0.15) is 26.9 Å². The van der Waals surface area contributed by atoms with Gasteiger partial charge in [-0.25, -0.2) is 0 Å². The lowest BCUT2D eigenvalue weighted by Gasteiger charge is -2.20. The fourth-order valence-corrected chi connectivity index (χ4v) is 4.71. The van der Waals surface area contributed by atoms with Gasteiger partial charge in [-0.05, 0) is 41.3 Å². The number of hydrogen-bond donors (Lipinski definition) is 0. The summed E-state index contributed by atoms with van der Waals surface area (Å²) < 4.78 is 16.4. The molecule has 3 aromatic rings. The summed E-state index contributed by atoms with van der Waals surface area (Å²) in [6, 6.07) is 17.7. The molecule has 0 fully saturated rings. The number of ether oxygens (including phenoxy) is 3. The van der Waals surface area contributed by atoms with E-state index in [0.29, 0.717) is 23.7 Å². The molecule has 1 heterocycles. The molecule has 0 N–H and O–H groups in total. The van der Waals surface area contributed by atoms with Gasteiger partial charge in [0.05, 0.1) is 26.2 Å². The number of hydrogen-bond acceptors (Lipinski definition) is 6. The van der Waals surface area contributed by atoms with Gasteiger partial charge in [0.25, 0.3) is 0 Å². The molecule has 0 saturated carbocycles. The summed E-state index contributed by atoms with van der Waals surface area (Å²) in [6.45, 7) is 0. The van der Waals surface area contributed by atoms with Gasteiger partial charge in [-0.3, -0.25) is 4.79 Å². The standard InChI is InChI=1S/C22H22O4S2/c1-24-18-12-15(13-19(25-2)22(18)26-3)21(28-16-8-5-4-6-9-16)14-17(23)20-10-7-11-27-20/h4-13,21H,14H2,1-3H3/t21-/m1/s1. The molecule has 0 unspecified atom stereocenters. The Bertz CT molecular complexity index is 883. The minimum atomic E-state index is -0.0919. The lowest BCUT2D eigenvalue weighted by Crippen LogP contribution is -2.05. The van der Waals surface area contributed by atoms with Gasteiger partial charge in [0.2, 0.25) is 5.75 Å². The highest BCUT2D eigenvalue weighted by Gasteiger charge is 2.23. The maximum atomic E-state index is 12.8. The Morgan fingerprint density at radius 2 is 1.64 bits per heavy atom. The van der Waals surface area contributed by atoms with Crippen molar-refractivity contribution >= 4 is 28.9 Å². The summed E-state index contributed by atoms with van der Waals surface area (Å²) in [6.07, 6.45) is 0.374. The number of thioether (sulfide) groups is 1. The third-order valence-corrected chi connectivity index (χ3v) is 6.43. The average Bonchev–Trinajstić information content (AvgIpc) is 3.28. The number of ketones is 1. The second-order valence-electron chi connectivity index (χ2n) is 5.98. The van der Waals surface area contributed by atoms with E-state index < -0.39 is 0 Å². The third kappa shape index (κ3) is 4.69. The number of thiophene rings is 1. The molecule has 0 amide bonds. The van der Waals surface area contributed by atoms with Crippen LogP contribution in [0.25, 0.3) is 0 Å². The summed E-state index contributed by atoms with van der Waals surface area (Å²) in [5, 5.41) is 1.83. The van der Waals surface area contributed by atoms with Crippen molar-refractivity contribution in [2.24, 2.45) is 0 Å². The molecule has 0 radical (unpaired) electrons. The van der Waals surface area contributed by atoms with Crippen LogP contribution < -0.4 is 14.2 Å². The lowest BCUT2D eigenvalue weighted by molar-refractivity contribution is 0.0986. The number of benzene rings is 2. The molecule has 2 aromatic carbocycles. The Morgan fingerprint density at radius 1 is 0.964 bits per heavy atom. The molecule has 3 rings (SSSR count). The fourth-order valence-electron chi connectivity index (χ4n) is 2.88. The number of carbonyl (C=O) groups is 1. The quantitative estimate of drug-likeness (QED) is 0.323. The first-order chi connectivity index (χ1) is 13.7. The monoisotopic (exact) mass is 414 g/mol. The predicted molar refractivity (Wildman–Crippen MR) is 114 cm³/mol. The Morgan fingerprint density at radius 3 is 2.18 bits per heavy atom. The highest BCUT2D eigenvalue weighted by Crippen LogP contribution is 2.45. The average molecular weight is 415 g/mol. The molecule has 0 aliphatic heterocycles. The zero-order valence-electron chi connectivity index (χ0n) is 16.0. The van der Waals surface area contributed by atoms with Crippen LogP contribution in [0.15, 0.2) is 64.9 Å². The first-order valence-corrected chi connectivity index (χ1v) is 10.5. The molecule has 1 atom stereocenters. The smallest absolute Gasteiger partial charge is 0.203 e. The normalized spacial score (nSPS) is 11.7. The maximum absolute atomic E-state index is 12.8. The molecule has 0 spiro atoms. The summed E-state index contributed by atoms with van der Waals surface area (Å²) in [5.74, 6) is 1.83. The minimum Gasteiger partial charge on any atom is -0.493 e. The van der Waals surface area contributed by atoms with E-state index >= 15 is 0 Å². The van der Waals surface area contributed by atoms with Crippen molar-refractivity contribution in [3.05, 3.63) is 70.4 Å². The second kappa shape index (κ2) is 9.66. The van der Waals surface area contributed by atoms with E-state index in [1.165, 1.54) is 11.3 Å². The number of carbonyl (C=O) groups excluding carboxylic acids is 1. The molecule has 28 heavy (non-hydrogen) atoms. The van der Waals surface area contributed by atoms with Crippen molar-refractivity contribution in [1.29, 1.82) is 0 Å². The van der Waals surface area contributed by atoms with Crippen molar-refractivity contribution in [1.82, 2.24) is 0 Å². The van der Waals surface area contributed by atoms with E-state index in [2.05, 4.69) is 0 Å². The molecule has 146 valence electrons. The Balaban J connectivity index is 1.99. The highest BCUT2D eigenvalue weighted by atomic mass is 32.2. The Labute approximate surface area is 173 Å². The van der Waals surface area contributed by atoms with Crippen molar-refractivity contribution in [2.45, 2.75) is 16.6 Å². The van der Waals surface area contributed by atoms with E-state index in [4.69, 9.17) is 14.2 Å². The number of rotatable bonds is 9. The zero-order chi connectivity index (χ0) is 19.9. The van der Waals surface area contributed by atoms with Crippen LogP contribution in [0.2, 0.25) is 0 Å². The van der Waals surface area contributed by atoms with Crippen LogP contribution in [0.5, 0.6) is 17.2 Å². The van der Waals surface area contributed by atoms with Crippen LogP contribution in [-0.4, -0.2) is 27.1 Å². The lowest BCUT2D eigenvalue weighted by atomic mass is 10.0. The maximum Gasteiger partial charge on any atom is 0.203 e. The molecule has 0 bridgehead atoms. The van der Waals surface area contributed by atoms with Crippen LogP contribution in [0.3, 0.4) is 0 Å². The second-order valence-corrected chi connectivity index (χ2v) is 8.21. The molecule has 6 heteroatoms. The topological polar surface area (TPSA) is 44.8 Å². The highest BCUT2D eigenvalue weighted by molar-refractivity contribution is 7.99. The zero-order valence-corrected chi connectivity index (χ0v) is 17.6. The third-order valence-electron chi connectivity index (χ3n) is 4.25. The van der Waals surface area contributed by atoms with Gasteiger partial charge in [-0.15, -0.1) is 23.1 Å². The Kier molecular flexibility index (Phi) is 7.01. The predicted octanol–water partition coefficient (Wildman–Crippen LogP) is 5.88. The van der Waals surface area contributed by atoms with Crippen molar-refractivity contribution in [2.75, 3.05) is 21.3 Å². The largest absolute Gasteiger partial charge is 0.493 e. The van der Waals surface area contributed by atoms with Gasteiger partial charge < -0.3 is 14.2 Å². The van der Waals surface area contributed by atoms with Gasteiger partial charge in [0.1, 0.15) is 0 Å². The molecule has 0 aliphatic carbocycles. The van der Waals surface area contributed by atoms with Crippen LogP contribution >= 0.6 is 23.1 Å². The molecule has 0 aliphatic rings. The van der Waals surface area contributed by atoms with Gasteiger partial charge in [0, 0.05) is 16.6 Å². The van der Waals surface area contributed by atoms with E-state index in [9.17, 15) is 4.79 Å². The van der Waals surface area contributed by atoms with Crippen molar-refractivity contribution < 1.29 is 19.0 Å². The number of methoxy groups -OCH3 is 3. The van der Waals surface area contributed by atoms with Gasteiger partial charge in [-0.2, -0.15) is 0 Å². The van der Waals surface area contributed by atoms with Gasteiger partial charge in [-0.1, -0.05) is 24.3 Å². The molecular formula is C22H22O4S2. The van der Waals surface area contributed by atoms with Crippen LogP contribution in [0.4, 0.5) is 0 Å². The molecule has 0 saturated heterocycles. The van der Waals surface area contributed by atoms with Crippen molar-refractivity contribution in [3.8, 4) is 17.2 Å². The van der Waals surface area contributed by atoms with E-state index in [-0.39, 0.29) is 11.0 Å². The van der Waals surface area contributed by atoms with Crippen LogP contribution in [-0.2, 0) is 0 Å². The van der Waals surface area contributed by atoms with E-state index in [0.717, 1.165) is 15.3 Å². The minimum absolute atomic E-state index is 0.0919. The van der Waals surface area contributed by atoms with Gasteiger partial charge in [0.15, 0.2) is 17.3 Å². The van der Waals surface area contributed by atoms with Crippen molar-refractivity contribution in [3.63, 3.8) is 0 Å². The fraction of sp³-hybridized carbons (Fsp3) is 0.227. The first kappa shape index (κ1) is 20.3. The SMILES string of the molecule is COc1cc([C@@H](CC(=O)c2cccs2)Sc2ccccc2)cc(OC)c1OC. The first-order valence-electron chi connectivity index (χ1n) is 8.74. The summed E-state index contributed by atoms with van der Waals surface area (Å²) >= 11 is 3.12. The Hall–Kier alpha value is -2.44. The van der Waals surface area contributed by atoms with E-state index in [1.807, 2.05) is 60.0 Å². The summed E-state index contributed by atoms with van der Waals surface area (Å²) in [7, 11) is 4.77. The molecule has 4 nitrogen and oxygen atoms in total. The molecular weight excluding hydrogens is 392 g/mol. The molecule has 1 aromatic heterocycles. The van der Waals surface area contributed by atoms with E-state index in [1.54, 1.807) is 33.1 Å². The number of Topliss-reactive ketones (excluding diaryl/α,β-unsaturated/α-hetero) is 1.